The zero-order valence-corrected chi connectivity index (χ0v) is 12.8. The number of benzene rings is 2. The molecule has 22 heavy (non-hydrogen) atoms. The molecule has 114 valence electrons. The first-order valence-corrected chi connectivity index (χ1v) is 7.51. The Kier molecular flexibility index (Phi) is 4.18. The van der Waals surface area contributed by atoms with Gasteiger partial charge < -0.3 is 4.74 Å². The quantitative estimate of drug-likeness (QED) is 0.835. The summed E-state index contributed by atoms with van der Waals surface area (Å²) in [5, 5.41) is 1.86. The molecule has 1 heterocycles. The molecule has 1 aliphatic heterocycles. The Morgan fingerprint density at radius 2 is 1.91 bits per heavy atom. The molecule has 0 saturated heterocycles. The summed E-state index contributed by atoms with van der Waals surface area (Å²) in [5.74, 6) is 0.975. The van der Waals surface area contributed by atoms with E-state index in [1.807, 2.05) is 18.2 Å². The van der Waals surface area contributed by atoms with Gasteiger partial charge in [-0.25, -0.2) is 4.39 Å². The average Bonchev–Trinajstić information content (AvgIpc) is 2.93. The molecule has 0 fully saturated rings. The molecule has 2 aromatic carbocycles. The van der Waals surface area contributed by atoms with E-state index < -0.39 is 0 Å². The summed E-state index contributed by atoms with van der Waals surface area (Å²) in [7, 11) is 0. The molecular formula is C18H19FN2O. The third kappa shape index (κ3) is 3.32. The summed E-state index contributed by atoms with van der Waals surface area (Å²) in [6.45, 7) is 5.18. The van der Waals surface area contributed by atoms with E-state index in [0.29, 0.717) is 19.2 Å². The average molecular weight is 298 g/mol. The number of ether oxygens (including phenoxy) is 1. The Hall–Kier alpha value is -2.23. The second kappa shape index (κ2) is 6.26. The van der Waals surface area contributed by atoms with Crippen LogP contribution >= 0.6 is 0 Å². The van der Waals surface area contributed by atoms with Crippen molar-refractivity contribution in [2.24, 2.45) is 15.9 Å². The van der Waals surface area contributed by atoms with E-state index in [4.69, 9.17) is 4.74 Å². The fourth-order valence-electron chi connectivity index (χ4n) is 2.56. The van der Waals surface area contributed by atoms with Crippen molar-refractivity contribution in [3.63, 3.8) is 0 Å². The molecule has 0 saturated carbocycles. The Balaban J connectivity index is 1.78. The lowest BCUT2D eigenvalue weighted by atomic mass is 10.0. The molecule has 0 radical (unpaired) electrons. The first kappa shape index (κ1) is 14.7. The third-order valence-electron chi connectivity index (χ3n) is 3.57. The second-order valence-electron chi connectivity index (χ2n) is 5.92. The topological polar surface area (TPSA) is 34.0 Å². The van der Waals surface area contributed by atoms with E-state index in [-0.39, 0.29) is 5.82 Å². The minimum Gasteiger partial charge on any atom is -0.489 e. The fourth-order valence-corrected chi connectivity index (χ4v) is 2.56. The van der Waals surface area contributed by atoms with Crippen LogP contribution in [0.3, 0.4) is 0 Å². The predicted octanol–water partition coefficient (Wildman–Crippen LogP) is 2.81. The van der Waals surface area contributed by atoms with Gasteiger partial charge in [-0.1, -0.05) is 19.9 Å². The molecule has 0 atom stereocenters. The van der Waals surface area contributed by atoms with Crippen molar-refractivity contribution in [1.82, 2.24) is 0 Å². The van der Waals surface area contributed by atoms with Crippen molar-refractivity contribution in [3.05, 3.63) is 64.1 Å². The number of hydrogen-bond donors (Lipinski definition) is 0. The van der Waals surface area contributed by atoms with E-state index in [1.165, 1.54) is 6.07 Å². The lowest BCUT2D eigenvalue weighted by molar-refractivity contribution is 0.301. The smallest absolute Gasteiger partial charge is 0.130 e. The van der Waals surface area contributed by atoms with E-state index in [9.17, 15) is 4.39 Å². The van der Waals surface area contributed by atoms with Gasteiger partial charge in [-0.05, 0) is 53.8 Å². The van der Waals surface area contributed by atoms with Crippen molar-refractivity contribution in [2.45, 2.75) is 26.9 Å². The highest BCUT2D eigenvalue weighted by Crippen LogP contribution is 2.23. The highest BCUT2D eigenvalue weighted by molar-refractivity contribution is 5.34. The summed E-state index contributed by atoms with van der Waals surface area (Å²) in [6, 6.07) is 10.7. The first-order chi connectivity index (χ1) is 10.6. The van der Waals surface area contributed by atoms with Gasteiger partial charge in [0.2, 0.25) is 0 Å². The standard InChI is InChI=1S/C18H19FN2O/c1-12(2)7-14-9-15(19)4-6-18(14)22-10-13-3-5-16-17(8-13)21-11-20-16/h3-6,8-9,12H,7,10-11H2,1-2H3. The fraction of sp³-hybridized carbons (Fsp3) is 0.333. The molecule has 4 heteroatoms. The molecule has 3 nitrogen and oxygen atoms in total. The molecule has 0 spiro atoms. The Morgan fingerprint density at radius 3 is 2.73 bits per heavy atom. The van der Waals surface area contributed by atoms with Crippen LogP contribution in [-0.4, -0.2) is 6.67 Å². The number of rotatable bonds is 5. The van der Waals surface area contributed by atoms with Gasteiger partial charge in [-0.2, -0.15) is 0 Å². The zero-order chi connectivity index (χ0) is 15.5. The van der Waals surface area contributed by atoms with Crippen LogP contribution in [0.2, 0.25) is 0 Å². The van der Waals surface area contributed by atoms with Crippen LogP contribution in [0.25, 0.3) is 0 Å². The highest BCUT2D eigenvalue weighted by Gasteiger charge is 2.08. The van der Waals surface area contributed by atoms with Crippen LogP contribution in [0.4, 0.5) is 4.39 Å². The summed E-state index contributed by atoms with van der Waals surface area (Å²) in [4.78, 5) is 8.58. The Labute approximate surface area is 129 Å². The van der Waals surface area contributed by atoms with Gasteiger partial charge in [0.25, 0.3) is 0 Å². The maximum Gasteiger partial charge on any atom is 0.130 e. The van der Waals surface area contributed by atoms with Crippen LogP contribution in [0.5, 0.6) is 5.75 Å². The van der Waals surface area contributed by atoms with E-state index in [1.54, 1.807) is 12.1 Å². The van der Waals surface area contributed by atoms with Gasteiger partial charge >= 0.3 is 0 Å². The molecule has 0 unspecified atom stereocenters. The first-order valence-electron chi connectivity index (χ1n) is 7.51. The van der Waals surface area contributed by atoms with Crippen LogP contribution in [-0.2, 0) is 13.0 Å². The number of nitrogens with zero attached hydrogens (tertiary/aromatic N) is 2. The normalized spacial score (nSPS) is 12.7. The van der Waals surface area contributed by atoms with Gasteiger partial charge in [0, 0.05) is 0 Å². The van der Waals surface area contributed by atoms with Crippen molar-refractivity contribution in [3.8, 4) is 5.75 Å². The largest absolute Gasteiger partial charge is 0.489 e. The maximum absolute atomic E-state index is 13.4. The molecule has 2 aromatic rings. The van der Waals surface area contributed by atoms with Crippen LogP contribution in [0.1, 0.15) is 25.0 Å². The summed E-state index contributed by atoms with van der Waals surface area (Å²) in [6.07, 6.45) is 0.797. The van der Waals surface area contributed by atoms with Crippen molar-refractivity contribution < 1.29 is 9.13 Å². The predicted molar refractivity (Wildman–Crippen MR) is 82.9 cm³/mol. The SMILES string of the molecule is CC(C)Cc1cc(F)ccc1OCc1ccc2c(c1)=NCN=2. The lowest BCUT2D eigenvalue weighted by Crippen LogP contribution is -2.22. The molecular weight excluding hydrogens is 279 g/mol. The highest BCUT2D eigenvalue weighted by atomic mass is 19.1. The zero-order valence-electron chi connectivity index (χ0n) is 12.8. The minimum atomic E-state index is -0.221. The van der Waals surface area contributed by atoms with Gasteiger partial charge in [-0.3, -0.25) is 9.98 Å². The third-order valence-corrected chi connectivity index (χ3v) is 3.57. The Bertz CT molecular complexity index is 799. The van der Waals surface area contributed by atoms with Crippen molar-refractivity contribution in [2.75, 3.05) is 6.67 Å². The second-order valence-corrected chi connectivity index (χ2v) is 5.92. The molecule has 0 aliphatic carbocycles. The van der Waals surface area contributed by atoms with Gasteiger partial charge in [0.05, 0.1) is 10.7 Å². The van der Waals surface area contributed by atoms with Crippen LogP contribution in [0.15, 0.2) is 46.4 Å². The van der Waals surface area contributed by atoms with Gasteiger partial charge in [0.1, 0.15) is 24.8 Å². The van der Waals surface area contributed by atoms with Crippen molar-refractivity contribution >= 4 is 0 Å². The Morgan fingerprint density at radius 1 is 1.09 bits per heavy atom. The van der Waals surface area contributed by atoms with Gasteiger partial charge in [-0.15, -0.1) is 0 Å². The van der Waals surface area contributed by atoms with Crippen molar-refractivity contribution in [1.29, 1.82) is 0 Å². The van der Waals surface area contributed by atoms with E-state index in [2.05, 4.69) is 23.8 Å². The van der Waals surface area contributed by atoms with Gasteiger partial charge in [0.15, 0.2) is 0 Å². The van der Waals surface area contributed by atoms with E-state index >= 15 is 0 Å². The molecule has 0 amide bonds. The number of fused-ring (bicyclic) bond motifs is 1. The summed E-state index contributed by atoms with van der Waals surface area (Å²) in [5.41, 5.74) is 1.95. The molecule has 0 aromatic heterocycles. The van der Waals surface area contributed by atoms with Crippen LogP contribution < -0.4 is 15.5 Å². The summed E-state index contributed by atoms with van der Waals surface area (Å²) >= 11 is 0. The molecule has 3 rings (SSSR count). The molecule has 0 bridgehead atoms. The molecule has 0 N–H and O–H groups in total. The van der Waals surface area contributed by atoms with E-state index in [0.717, 1.165) is 34.0 Å². The number of hydrogen-bond acceptors (Lipinski definition) is 3. The lowest BCUT2D eigenvalue weighted by Gasteiger charge is -2.13. The maximum atomic E-state index is 13.4. The van der Waals surface area contributed by atoms with Crippen LogP contribution in [0, 0.1) is 11.7 Å². The summed E-state index contributed by atoms with van der Waals surface area (Å²) < 4.78 is 19.3. The molecule has 1 aliphatic rings. The monoisotopic (exact) mass is 298 g/mol. The minimum absolute atomic E-state index is 0.221. The number of halogens is 1.